The number of aliphatic hydroxyl groups is 1. The maximum atomic E-state index is 11.7. The summed E-state index contributed by atoms with van der Waals surface area (Å²) in [5.74, 6) is 0.583. The standard InChI is InChI=1S/C18H27ClN2O2/c1-13(2)18(23)20-10-14-6-5-9-21(11-14)12-17(22)15-7-3-4-8-16(15)19/h3-4,7-8,13-14,17,22H,5-6,9-12H2,1-2H3,(H,20,23). The van der Waals surface area contributed by atoms with E-state index < -0.39 is 6.10 Å². The van der Waals surface area contributed by atoms with E-state index in [1.807, 2.05) is 32.0 Å². The van der Waals surface area contributed by atoms with Gasteiger partial charge in [-0.05, 0) is 31.4 Å². The molecule has 5 heteroatoms. The zero-order chi connectivity index (χ0) is 16.8. The predicted octanol–water partition coefficient (Wildman–Crippen LogP) is 2.86. The summed E-state index contributed by atoms with van der Waals surface area (Å²) in [6.07, 6.45) is 1.64. The second kappa shape index (κ2) is 8.67. The van der Waals surface area contributed by atoms with E-state index in [2.05, 4.69) is 10.2 Å². The fourth-order valence-corrected chi connectivity index (χ4v) is 3.28. The molecule has 4 nitrogen and oxygen atoms in total. The molecule has 2 unspecified atom stereocenters. The molecular formula is C18H27ClN2O2. The molecule has 2 atom stereocenters. The molecule has 0 aromatic heterocycles. The SMILES string of the molecule is CC(C)C(=O)NCC1CCCN(CC(O)c2ccccc2Cl)C1. The highest BCUT2D eigenvalue weighted by Gasteiger charge is 2.23. The number of carbonyl (C=O) groups is 1. The van der Waals surface area contributed by atoms with Crippen molar-refractivity contribution in [2.75, 3.05) is 26.2 Å². The molecule has 128 valence electrons. The first-order chi connectivity index (χ1) is 11.0. The van der Waals surface area contributed by atoms with Gasteiger partial charge in [0.15, 0.2) is 0 Å². The number of piperidine rings is 1. The Morgan fingerprint density at radius 2 is 2.17 bits per heavy atom. The number of amides is 1. The maximum absolute atomic E-state index is 11.7. The molecule has 1 amide bonds. The van der Waals surface area contributed by atoms with Crippen LogP contribution in [-0.4, -0.2) is 42.1 Å². The van der Waals surface area contributed by atoms with Crippen LogP contribution >= 0.6 is 11.6 Å². The Hall–Kier alpha value is -1.10. The predicted molar refractivity (Wildman–Crippen MR) is 93.4 cm³/mol. The Bertz CT molecular complexity index is 521. The zero-order valence-corrected chi connectivity index (χ0v) is 14.7. The summed E-state index contributed by atoms with van der Waals surface area (Å²) in [4.78, 5) is 14.0. The summed E-state index contributed by atoms with van der Waals surface area (Å²) in [6, 6.07) is 7.44. The van der Waals surface area contributed by atoms with Crippen LogP contribution in [0.2, 0.25) is 5.02 Å². The summed E-state index contributed by atoms with van der Waals surface area (Å²) < 4.78 is 0. The van der Waals surface area contributed by atoms with Gasteiger partial charge in [-0.15, -0.1) is 0 Å². The van der Waals surface area contributed by atoms with Gasteiger partial charge < -0.3 is 15.3 Å². The van der Waals surface area contributed by atoms with Crippen molar-refractivity contribution in [3.63, 3.8) is 0 Å². The molecule has 0 spiro atoms. The van der Waals surface area contributed by atoms with Gasteiger partial charge in [0.25, 0.3) is 0 Å². The van der Waals surface area contributed by atoms with Crippen LogP contribution in [0.4, 0.5) is 0 Å². The van der Waals surface area contributed by atoms with Gasteiger partial charge >= 0.3 is 0 Å². The highest BCUT2D eigenvalue weighted by molar-refractivity contribution is 6.31. The lowest BCUT2D eigenvalue weighted by Gasteiger charge is -2.34. The van der Waals surface area contributed by atoms with Crippen molar-refractivity contribution >= 4 is 17.5 Å². The smallest absolute Gasteiger partial charge is 0.222 e. The first kappa shape index (κ1) is 18.2. The molecule has 1 aliphatic rings. The van der Waals surface area contributed by atoms with Crippen LogP contribution in [0.25, 0.3) is 0 Å². The molecule has 1 saturated heterocycles. The summed E-state index contributed by atoms with van der Waals surface area (Å²) in [5, 5.41) is 14.1. The van der Waals surface area contributed by atoms with Crippen molar-refractivity contribution in [1.29, 1.82) is 0 Å². The van der Waals surface area contributed by atoms with Crippen molar-refractivity contribution < 1.29 is 9.90 Å². The number of likely N-dealkylation sites (tertiary alicyclic amines) is 1. The minimum absolute atomic E-state index is 0.0248. The van der Waals surface area contributed by atoms with Gasteiger partial charge in [-0.1, -0.05) is 43.6 Å². The number of halogens is 1. The molecule has 1 aliphatic heterocycles. The van der Waals surface area contributed by atoms with E-state index in [0.29, 0.717) is 17.5 Å². The average molecular weight is 339 g/mol. The Morgan fingerprint density at radius 3 is 2.87 bits per heavy atom. The van der Waals surface area contributed by atoms with E-state index in [4.69, 9.17) is 11.6 Å². The minimum atomic E-state index is -0.576. The summed E-state index contributed by atoms with van der Waals surface area (Å²) in [6.45, 7) is 7.00. The van der Waals surface area contributed by atoms with Crippen LogP contribution in [0, 0.1) is 11.8 Å². The number of carbonyl (C=O) groups excluding carboxylic acids is 1. The topological polar surface area (TPSA) is 52.6 Å². The van der Waals surface area contributed by atoms with Crippen LogP contribution in [-0.2, 0) is 4.79 Å². The molecular weight excluding hydrogens is 312 g/mol. The zero-order valence-electron chi connectivity index (χ0n) is 14.0. The summed E-state index contributed by atoms with van der Waals surface area (Å²) >= 11 is 6.15. The molecule has 0 radical (unpaired) electrons. The lowest BCUT2D eigenvalue weighted by molar-refractivity contribution is -0.124. The Kier molecular flexibility index (Phi) is 6.88. The van der Waals surface area contributed by atoms with Crippen LogP contribution < -0.4 is 5.32 Å². The number of benzene rings is 1. The summed E-state index contributed by atoms with van der Waals surface area (Å²) in [7, 11) is 0. The molecule has 1 aromatic carbocycles. The normalized spacial score (nSPS) is 20.5. The van der Waals surface area contributed by atoms with Gasteiger partial charge in [0.2, 0.25) is 5.91 Å². The second-order valence-electron chi connectivity index (χ2n) is 6.70. The van der Waals surface area contributed by atoms with Gasteiger partial charge in [0.1, 0.15) is 0 Å². The van der Waals surface area contributed by atoms with Gasteiger partial charge in [0, 0.05) is 36.1 Å². The molecule has 1 aromatic rings. The first-order valence-electron chi connectivity index (χ1n) is 8.40. The van der Waals surface area contributed by atoms with Gasteiger partial charge in [-0.25, -0.2) is 0 Å². The lowest BCUT2D eigenvalue weighted by atomic mass is 9.97. The fraction of sp³-hybridized carbons (Fsp3) is 0.611. The number of nitrogens with one attached hydrogen (secondary N) is 1. The van der Waals surface area contributed by atoms with Crippen molar-refractivity contribution in [2.45, 2.75) is 32.8 Å². The molecule has 0 aliphatic carbocycles. The molecule has 1 heterocycles. The van der Waals surface area contributed by atoms with Crippen molar-refractivity contribution in [1.82, 2.24) is 10.2 Å². The van der Waals surface area contributed by atoms with E-state index in [1.54, 1.807) is 6.07 Å². The Morgan fingerprint density at radius 1 is 1.43 bits per heavy atom. The third kappa shape index (κ3) is 5.48. The average Bonchev–Trinajstić information content (AvgIpc) is 2.53. The first-order valence-corrected chi connectivity index (χ1v) is 8.77. The highest BCUT2D eigenvalue weighted by atomic mass is 35.5. The van der Waals surface area contributed by atoms with Crippen LogP contribution in [0.15, 0.2) is 24.3 Å². The lowest BCUT2D eigenvalue weighted by Crippen LogP contribution is -2.43. The van der Waals surface area contributed by atoms with E-state index in [-0.39, 0.29) is 11.8 Å². The number of hydrogen-bond acceptors (Lipinski definition) is 3. The number of hydrogen-bond donors (Lipinski definition) is 2. The van der Waals surface area contributed by atoms with Crippen molar-refractivity contribution in [3.8, 4) is 0 Å². The number of aliphatic hydroxyl groups excluding tert-OH is 1. The molecule has 23 heavy (non-hydrogen) atoms. The largest absolute Gasteiger partial charge is 0.387 e. The number of rotatable bonds is 6. The van der Waals surface area contributed by atoms with Crippen LogP contribution in [0.3, 0.4) is 0 Å². The monoisotopic (exact) mass is 338 g/mol. The molecule has 0 saturated carbocycles. The molecule has 2 N–H and O–H groups in total. The molecule has 0 bridgehead atoms. The number of nitrogens with zero attached hydrogens (tertiary/aromatic N) is 1. The van der Waals surface area contributed by atoms with E-state index in [1.165, 1.54) is 0 Å². The van der Waals surface area contributed by atoms with E-state index in [0.717, 1.165) is 38.0 Å². The third-order valence-electron chi connectivity index (χ3n) is 4.39. The van der Waals surface area contributed by atoms with Crippen molar-refractivity contribution in [2.24, 2.45) is 11.8 Å². The number of β-amino-alcohol motifs (C(OH)–C–C–N with tert-alkyl or cyclic N) is 1. The molecule has 2 rings (SSSR count). The highest BCUT2D eigenvalue weighted by Crippen LogP contribution is 2.25. The van der Waals surface area contributed by atoms with Crippen LogP contribution in [0.1, 0.15) is 38.4 Å². The Balaban J connectivity index is 1.84. The summed E-state index contributed by atoms with van der Waals surface area (Å²) in [5.41, 5.74) is 0.782. The minimum Gasteiger partial charge on any atom is -0.387 e. The fourth-order valence-electron chi connectivity index (χ4n) is 3.02. The van der Waals surface area contributed by atoms with Gasteiger partial charge in [-0.2, -0.15) is 0 Å². The third-order valence-corrected chi connectivity index (χ3v) is 4.73. The second-order valence-corrected chi connectivity index (χ2v) is 7.11. The maximum Gasteiger partial charge on any atom is 0.222 e. The van der Waals surface area contributed by atoms with Crippen molar-refractivity contribution in [3.05, 3.63) is 34.9 Å². The molecule has 1 fully saturated rings. The van der Waals surface area contributed by atoms with Gasteiger partial charge in [0.05, 0.1) is 6.10 Å². The van der Waals surface area contributed by atoms with Crippen LogP contribution in [0.5, 0.6) is 0 Å². The Labute approximate surface area is 143 Å². The quantitative estimate of drug-likeness (QED) is 0.838. The van der Waals surface area contributed by atoms with E-state index in [9.17, 15) is 9.90 Å². The van der Waals surface area contributed by atoms with E-state index >= 15 is 0 Å². The van der Waals surface area contributed by atoms with Gasteiger partial charge in [-0.3, -0.25) is 4.79 Å².